The fourth-order valence-corrected chi connectivity index (χ4v) is 4.05. The molecule has 0 spiro atoms. The van der Waals surface area contributed by atoms with Gasteiger partial charge in [0.25, 0.3) is 0 Å². The van der Waals surface area contributed by atoms with E-state index in [1.807, 2.05) is 0 Å². The van der Waals surface area contributed by atoms with Gasteiger partial charge < -0.3 is 5.32 Å². The van der Waals surface area contributed by atoms with Gasteiger partial charge in [-0.3, -0.25) is 4.98 Å². The molecule has 0 saturated heterocycles. The number of benzene rings is 3. The van der Waals surface area contributed by atoms with E-state index in [9.17, 15) is 21.6 Å². The van der Waals surface area contributed by atoms with Gasteiger partial charge in [-0.15, -0.1) is 0 Å². The summed E-state index contributed by atoms with van der Waals surface area (Å²) in [6.07, 6.45) is 2.59. The van der Waals surface area contributed by atoms with Gasteiger partial charge in [0.05, 0.1) is 16.5 Å². The normalized spacial score (nSPS) is 12.6. The van der Waals surface area contributed by atoms with Crippen LogP contribution in [-0.2, 0) is 9.84 Å². The van der Waals surface area contributed by atoms with Crippen LogP contribution in [0.2, 0.25) is 0 Å². The second-order valence-electron chi connectivity index (χ2n) is 7.12. The first kappa shape index (κ1) is 20.9. The Kier molecular flexibility index (Phi) is 5.41. The SMILES string of the molecule is CS(=O)(=O)c1cccc(C(Nc2ccnc3cc(F)ccc23)c2ccc(F)c(F)c2)c1. The summed E-state index contributed by atoms with van der Waals surface area (Å²) in [7, 11) is -3.48. The zero-order valence-electron chi connectivity index (χ0n) is 16.3. The molecule has 1 atom stereocenters. The number of halogens is 3. The summed E-state index contributed by atoms with van der Waals surface area (Å²) in [4.78, 5) is 4.26. The molecular formula is C23H17F3N2O2S. The summed E-state index contributed by atoms with van der Waals surface area (Å²) in [6, 6.07) is 14.8. The summed E-state index contributed by atoms with van der Waals surface area (Å²) in [5.74, 6) is -2.45. The lowest BCUT2D eigenvalue weighted by atomic mass is 9.97. The van der Waals surface area contributed by atoms with Crippen molar-refractivity contribution in [3.05, 3.63) is 102 Å². The highest BCUT2D eigenvalue weighted by molar-refractivity contribution is 7.90. The fourth-order valence-electron chi connectivity index (χ4n) is 3.38. The minimum absolute atomic E-state index is 0.0982. The number of hydrogen-bond acceptors (Lipinski definition) is 4. The molecule has 0 saturated carbocycles. The second kappa shape index (κ2) is 8.03. The van der Waals surface area contributed by atoms with Crippen molar-refractivity contribution in [3.8, 4) is 0 Å². The first-order valence-corrected chi connectivity index (χ1v) is 11.2. The molecular weight excluding hydrogens is 425 g/mol. The van der Waals surface area contributed by atoms with Crippen molar-refractivity contribution in [2.75, 3.05) is 11.6 Å². The van der Waals surface area contributed by atoms with E-state index in [0.717, 1.165) is 18.4 Å². The van der Waals surface area contributed by atoms with Gasteiger partial charge in [0.15, 0.2) is 21.5 Å². The number of anilines is 1. The Balaban J connectivity index is 1.87. The number of rotatable bonds is 5. The molecule has 4 rings (SSSR count). The highest BCUT2D eigenvalue weighted by Gasteiger charge is 2.19. The van der Waals surface area contributed by atoms with Crippen LogP contribution >= 0.6 is 0 Å². The van der Waals surface area contributed by atoms with Gasteiger partial charge in [-0.1, -0.05) is 18.2 Å². The van der Waals surface area contributed by atoms with Crippen molar-refractivity contribution < 1.29 is 21.6 Å². The average Bonchev–Trinajstić information content (AvgIpc) is 2.73. The molecule has 158 valence electrons. The van der Waals surface area contributed by atoms with Gasteiger partial charge in [-0.2, -0.15) is 0 Å². The molecule has 1 N–H and O–H groups in total. The van der Waals surface area contributed by atoms with Crippen LogP contribution in [0.15, 0.2) is 77.8 Å². The Morgan fingerprint density at radius 2 is 1.65 bits per heavy atom. The topological polar surface area (TPSA) is 59.1 Å². The van der Waals surface area contributed by atoms with Crippen molar-refractivity contribution in [3.63, 3.8) is 0 Å². The molecule has 0 fully saturated rings. The molecule has 4 nitrogen and oxygen atoms in total. The van der Waals surface area contributed by atoms with Crippen LogP contribution in [-0.4, -0.2) is 19.7 Å². The van der Waals surface area contributed by atoms with E-state index in [-0.39, 0.29) is 4.90 Å². The largest absolute Gasteiger partial charge is 0.374 e. The molecule has 4 aromatic rings. The number of nitrogens with zero attached hydrogens (tertiary/aromatic N) is 1. The summed E-state index contributed by atoms with van der Waals surface area (Å²) >= 11 is 0. The van der Waals surface area contributed by atoms with E-state index in [0.29, 0.717) is 27.7 Å². The molecule has 1 unspecified atom stereocenters. The Hall–Kier alpha value is -3.39. The molecule has 0 aliphatic rings. The lowest BCUT2D eigenvalue weighted by Crippen LogP contribution is -2.14. The van der Waals surface area contributed by atoms with E-state index in [1.54, 1.807) is 24.3 Å². The van der Waals surface area contributed by atoms with Gasteiger partial charge >= 0.3 is 0 Å². The molecule has 31 heavy (non-hydrogen) atoms. The van der Waals surface area contributed by atoms with Crippen LogP contribution in [0.5, 0.6) is 0 Å². The lowest BCUT2D eigenvalue weighted by Gasteiger charge is -2.23. The first-order valence-electron chi connectivity index (χ1n) is 9.28. The van der Waals surface area contributed by atoms with Crippen molar-refractivity contribution in [2.45, 2.75) is 10.9 Å². The first-order chi connectivity index (χ1) is 14.7. The number of hydrogen-bond donors (Lipinski definition) is 1. The number of nitrogens with one attached hydrogen (secondary N) is 1. The molecule has 3 aromatic carbocycles. The number of sulfone groups is 1. The Labute approximate surface area is 177 Å². The standard InChI is InChI=1S/C23H17F3N2O2S/c1-31(29,30)17-4-2-3-14(11-17)23(15-5-8-19(25)20(26)12-15)28-21-9-10-27-22-13-16(24)6-7-18(21)22/h2-13,23H,1H3,(H,27,28). The molecule has 0 bridgehead atoms. The minimum atomic E-state index is -3.48. The third kappa shape index (κ3) is 4.39. The zero-order chi connectivity index (χ0) is 22.2. The third-order valence-electron chi connectivity index (χ3n) is 4.90. The summed E-state index contributed by atoms with van der Waals surface area (Å²) in [5, 5.41) is 3.87. The average molecular weight is 442 g/mol. The van der Waals surface area contributed by atoms with Crippen molar-refractivity contribution in [1.82, 2.24) is 4.98 Å². The summed E-state index contributed by atoms with van der Waals surface area (Å²) in [5.41, 5.74) is 1.90. The molecule has 1 heterocycles. The molecule has 0 amide bonds. The summed E-state index contributed by atoms with van der Waals surface area (Å²) < 4.78 is 65.2. The number of aromatic nitrogens is 1. The molecule has 8 heteroatoms. The predicted molar refractivity (Wildman–Crippen MR) is 113 cm³/mol. The zero-order valence-corrected chi connectivity index (χ0v) is 17.1. The van der Waals surface area contributed by atoms with Crippen LogP contribution in [0.1, 0.15) is 17.2 Å². The highest BCUT2D eigenvalue weighted by atomic mass is 32.2. The number of pyridine rings is 1. The van der Waals surface area contributed by atoms with Gasteiger partial charge in [0, 0.05) is 29.6 Å². The third-order valence-corrected chi connectivity index (χ3v) is 6.01. The van der Waals surface area contributed by atoms with E-state index in [4.69, 9.17) is 0 Å². The highest BCUT2D eigenvalue weighted by Crippen LogP contribution is 2.32. The maximum Gasteiger partial charge on any atom is 0.175 e. The van der Waals surface area contributed by atoms with E-state index in [2.05, 4.69) is 10.3 Å². The fraction of sp³-hybridized carbons (Fsp3) is 0.0870. The Morgan fingerprint density at radius 3 is 2.39 bits per heavy atom. The molecule has 1 aromatic heterocycles. The maximum absolute atomic E-state index is 14.0. The van der Waals surface area contributed by atoms with Crippen molar-refractivity contribution >= 4 is 26.4 Å². The molecule has 0 aliphatic heterocycles. The van der Waals surface area contributed by atoms with Crippen molar-refractivity contribution in [1.29, 1.82) is 0 Å². The van der Waals surface area contributed by atoms with Gasteiger partial charge in [-0.25, -0.2) is 21.6 Å². The maximum atomic E-state index is 14.0. The summed E-state index contributed by atoms with van der Waals surface area (Å²) in [6.45, 7) is 0. The van der Waals surface area contributed by atoms with Crippen LogP contribution in [0.4, 0.5) is 18.9 Å². The van der Waals surface area contributed by atoms with Gasteiger partial charge in [-0.05, 0) is 53.6 Å². The second-order valence-corrected chi connectivity index (χ2v) is 9.13. The lowest BCUT2D eigenvalue weighted by molar-refractivity contribution is 0.506. The van der Waals surface area contributed by atoms with Crippen LogP contribution in [0, 0.1) is 17.5 Å². The molecule has 0 aliphatic carbocycles. The van der Waals surface area contributed by atoms with Gasteiger partial charge in [0.1, 0.15) is 5.82 Å². The Bertz CT molecular complexity index is 1390. The molecule has 0 radical (unpaired) electrons. The van der Waals surface area contributed by atoms with E-state index >= 15 is 0 Å². The van der Waals surface area contributed by atoms with Crippen LogP contribution < -0.4 is 5.32 Å². The monoisotopic (exact) mass is 442 g/mol. The quantitative estimate of drug-likeness (QED) is 0.458. The predicted octanol–water partition coefficient (Wildman–Crippen LogP) is 5.26. The number of fused-ring (bicyclic) bond motifs is 1. The Morgan fingerprint density at radius 1 is 0.871 bits per heavy atom. The smallest absolute Gasteiger partial charge is 0.175 e. The van der Waals surface area contributed by atoms with E-state index < -0.39 is 33.3 Å². The van der Waals surface area contributed by atoms with Crippen molar-refractivity contribution in [2.24, 2.45) is 0 Å². The van der Waals surface area contributed by atoms with Gasteiger partial charge in [0.2, 0.25) is 0 Å². The minimum Gasteiger partial charge on any atom is -0.374 e. The van der Waals surface area contributed by atoms with E-state index in [1.165, 1.54) is 36.5 Å². The van der Waals surface area contributed by atoms with Crippen LogP contribution in [0.3, 0.4) is 0 Å². The van der Waals surface area contributed by atoms with Crippen LogP contribution in [0.25, 0.3) is 10.9 Å².